The molecule has 0 saturated carbocycles. The molecule has 0 saturated heterocycles. The van der Waals surface area contributed by atoms with E-state index in [4.69, 9.17) is 9.47 Å². The lowest BCUT2D eigenvalue weighted by Gasteiger charge is -2.21. The van der Waals surface area contributed by atoms with Crippen LogP contribution in [0.3, 0.4) is 0 Å². The van der Waals surface area contributed by atoms with Gasteiger partial charge in [0, 0.05) is 19.7 Å². The summed E-state index contributed by atoms with van der Waals surface area (Å²) in [7, 11) is 1.67. The highest BCUT2D eigenvalue weighted by atomic mass is 16.5. The second-order valence-electron chi connectivity index (χ2n) is 6.00. The number of benzene rings is 1. The number of nitrogens with zero attached hydrogens (tertiary/aromatic N) is 1. The Balaban J connectivity index is 2.52. The summed E-state index contributed by atoms with van der Waals surface area (Å²) in [5.41, 5.74) is 1.15. The topological polar surface area (TPSA) is 54.9 Å². The number of rotatable bonds is 10. The number of hydrogen-bond donors (Lipinski definition) is 2. The zero-order valence-electron chi connectivity index (χ0n) is 15.8. The van der Waals surface area contributed by atoms with E-state index in [0.717, 1.165) is 43.4 Å². The summed E-state index contributed by atoms with van der Waals surface area (Å²) in [6.45, 7) is 11.6. The van der Waals surface area contributed by atoms with Crippen LogP contribution in [-0.2, 0) is 11.3 Å². The Bertz CT molecular complexity index is 472. The van der Waals surface area contributed by atoms with Crippen LogP contribution in [0.1, 0.15) is 39.7 Å². The van der Waals surface area contributed by atoms with E-state index < -0.39 is 0 Å². The van der Waals surface area contributed by atoms with Gasteiger partial charge in [0.05, 0.1) is 19.8 Å². The quantitative estimate of drug-likeness (QED) is 0.509. The molecule has 1 atom stereocenters. The molecule has 1 aromatic rings. The maximum Gasteiger partial charge on any atom is 0.191 e. The molecule has 0 bridgehead atoms. The van der Waals surface area contributed by atoms with Gasteiger partial charge in [0.15, 0.2) is 5.96 Å². The first kappa shape index (κ1) is 20.3. The number of methoxy groups -OCH3 is 1. The predicted octanol–water partition coefficient (Wildman–Crippen LogP) is 3.20. The highest BCUT2D eigenvalue weighted by Crippen LogP contribution is 2.12. The highest BCUT2D eigenvalue weighted by Gasteiger charge is 2.12. The first-order chi connectivity index (χ1) is 11.6. The lowest BCUT2D eigenvalue weighted by atomic mass is 10.0. The number of ether oxygens (including phenoxy) is 2. The van der Waals surface area contributed by atoms with E-state index in [1.54, 1.807) is 7.11 Å². The Morgan fingerprint density at radius 1 is 1.12 bits per heavy atom. The normalized spacial score (nSPS) is 13.0. The first-order valence-electron chi connectivity index (χ1n) is 8.87. The molecule has 0 aliphatic rings. The largest absolute Gasteiger partial charge is 0.497 e. The van der Waals surface area contributed by atoms with Crippen molar-refractivity contribution in [1.29, 1.82) is 0 Å². The van der Waals surface area contributed by atoms with Crippen LogP contribution in [0.25, 0.3) is 0 Å². The van der Waals surface area contributed by atoms with Crippen LogP contribution in [-0.4, -0.2) is 38.9 Å². The Morgan fingerprint density at radius 3 is 2.38 bits per heavy atom. The molecule has 0 amide bonds. The van der Waals surface area contributed by atoms with E-state index in [2.05, 4.69) is 36.4 Å². The van der Waals surface area contributed by atoms with Crippen molar-refractivity contribution in [3.8, 4) is 5.75 Å². The average Bonchev–Trinajstić information content (AvgIpc) is 2.59. The van der Waals surface area contributed by atoms with Gasteiger partial charge in [0.1, 0.15) is 5.75 Å². The molecule has 5 heteroatoms. The van der Waals surface area contributed by atoms with Gasteiger partial charge in [-0.25, -0.2) is 4.99 Å². The molecule has 1 unspecified atom stereocenters. The number of hydrogen-bond acceptors (Lipinski definition) is 3. The van der Waals surface area contributed by atoms with E-state index in [1.165, 1.54) is 0 Å². The minimum atomic E-state index is 0.284. The summed E-state index contributed by atoms with van der Waals surface area (Å²) in [5, 5.41) is 6.68. The van der Waals surface area contributed by atoms with Gasteiger partial charge < -0.3 is 20.1 Å². The van der Waals surface area contributed by atoms with Crippen LogP contribution in [0.15, 0.2) is 29.3 Å². The van der Waals surface area contributed by atoms with Gasteiger partial charge in [0.25, 0.3) is 0 Å². The second-order valence-corrected chi connectivity index (χ2v) is 6.00. The lowest BCUT2D eigenvalue weighted by Crippen LogP contribution is -2.39. The van der Waals surface area contributed by atoms with E-state index >= 15 is 0 Å². The summed E-state index contributed by atoms with van der Waals surface area (Å²) in [6, 6.07) is 7.99. The van der Waals surface area contributed by atoms with Gasteiger partial charge in [-0.3, -0.25) is 0 Å². The van der Waals surface area contributed by atoms with Crippen LogP contribution in [0.5, 0.6) is 5.75 Å². The fourth-order valence-corrected chi connectivity index (χ4v) is 2.40. The maximum absolute atomic E-state index is 5.78. The van der Waals surface area contributed by atoms with Crippen molar-refractivity contribution in [3.05, 3.63) is 29.8 Å². The Labute approximate surface area is 146 Å². The van der Waals surface area contributed by atoms with Crippen LogP contribution < -0.4 is 15.4 Å². The molecule has 0 fully saturated rings. The smallest absolute Gasteiger partial charge is 0.191 e. The summed E-state index contributed by atoms with van der Waals surface area (Å²) in [5.74, 6) is 2.22. The second kappa shape index (κ2) is 11.7. The first-order valence-corrected chi connectivity index (χ1v) is 8.87. The van der Waals surface area contributed by atoms with Crippen LogP contribution in [0.2, 0.25) is 0 Å². The van der Waals surface area contributed by atoms with Gasteiger partial charge >= 0.3 is 0 Å². The molecule has 0 aromatic heterocycles. The zero-order valence-corrected chi connectivity index (χ0v) is 15.8. The summed E-state index contributed by atoms with van der Waals surface area (Å²) < 4.78 is 11.0. The molecule has 24 heavy (non-hydrogen) atoms. The van der Waals surface area contributed by atoms with Gasteiger partial charge in [-0.05, 0) is 43.9 Å². The SMILES string of the molecule is CCNC(=NCc1ccc(OC)cc1)NCCC(OCC)C(C)C. The van der Waals surface area contributed by atoms with E-state index in [-0.39, 0.29) is 6.10 Å². The lowest BCUT2D eigenvalue weighted by molar-refractivity contribution is 0.0258. The summed E-state index contributed by atoms with van der Waals surface area (Å²) in [4.78, 5) is 4.64. The monoisotopic (exact) mass is 335 g/mol. The molecule has 1 rings (SSSR count). The third kappa shape index (κ3) is 7.68. The fraction of sp³-hybridized carbons (Fsp3) is 0.632. The number of guanidine groups is 1. The minimum Gasteiger partial charge on any atom is -0.497 e. The van der Waals surface area contributed by atoms with E-state index in [9.17, 15) is 0 Å². The van der Waals surface area contributed by atoms with Crippen molar-refractivity contribution in [2.24, 2.45) is 10.9 Å². The third-order valence-corrected chi connectivity index (χ3v) is 3.77. The van der Waals surface area contributed by atoms with Crippen LogP contribution in [0, 0.1) is 5.92 Å². The average molecular weight is 335 g/mol. The van der Waals surface area contributed by atoms with Crippen molar-refractivity contribution in [1.82, 2.24) is 10.6 Å². The molecule has 1 aromatic carbocycles. The Hall–Kier alpha value is -1.75. The summed E-state index contributed by atoms with van der Waals surface area (Å²) >= 11 is 0. The van der Waals surface area contributed by atoms with Gasteiger partial charge in [0.2, 0.25) is 0 Å². The van der Waals surface area contributed by atoms with Gasteiger partial charge in [-0.2, -0.15) is 0 Å². The molecular weight excluding hydrogens is 302 g/mol. The molecule has 0 heterocycles. The Kier molecular flexibility index (Phi) is 9.92. The Morgan fingerprint density at radius 2 is 1.83 bits per heavy atom. The molecule has 0 radical (unpaired) electrons. The van der Waals surface area contributed by atoms with Crippen molar-refractivity contribution in [3.63, 3.8) is 0 Å². The molecule has 2 N–H and O–H groups in total. The zero-order chi connectivity index (χ0) is 17.8. The van der Waals surface area contributed by atoms with Crippen LogP contribution in [0.4, 0.5) is 0 Å². The van der Waals surface area contributed by atoms with Gasteiger partial charge in [-0.1, -0.05) is 26.0 Å². The minimum absolute atomic E-state index is 0.284. The third-order valence-electron chi connectivity index (χ3n) is 3.77. The molecular formula is C19H33N3O2. The van der Waals surface area contributed by atoms with Gasteiger partial charge in [-0.15, -0.1) is 0 Å². The molecule has 136 valence electrons. The van der Waals surface area contributed by atoms with E-state index in [0.29, 0.717) is 12.5 Å². The highest BCUT2D eigenvalue weighted by molar-refractivity contribution is 5.79. The van der Waals surface area contributed by atoms with Crippen molar-refractivity contribution < 1.29 is 9.47 Å². The number of aliphatic imine (C=N–C) groups is 1. The maximum atomic E-state index is 5.78. The number of nitrogens with one attached hydrogen (secondary N) is 2. The van der Waals surface area contributed by atoms with Crippen molar-refractivity contribution in [2.45, 2.75) is 46.8 Å². The fourth-order valence-electron chi connectivity index (χ4n) is 2.40. The van der Waals surface area contributed by atoms with Crippen molar-refractivity contribution in [2.75, 3.05) is 26.8 Å². The molecule has 5 nitrogen and oxygen atoms in total. The molecule has 0 spiro atoms. The van der Waals surface area contributed by atoms with Crippen molar-refractivity contribution >= 4 is 5.96 Å². The molecule has 0 aliphatic heterocycles. The standard InChI is InChI=1S/C19H33N3O2/c1-6-20-19(21-13-12-18(15(3)4)24-7-2)22-14-16-8-10-17(23-5)11-9-16/h8-11,15,18H,6-7,12-14H2,1-5H3,(H2,20,21,22). The van der Waals surface area contributed by atoms with E-state index in [1.807, 2.05) is 31.2 Å². The van der Waals surface area contributed by atoms with Crippen LogP contribution >= 0.6 is 0 Å². The molecule has 0 aliphatic carbocycles. The predicted molar refractivity (Wildman–Crippen MR) is 101 cm³/mol. The summed E-state index contributed by atoms with van der Waals surface area (Å²) in [6.07, 6.45) is 1.25.